The minimum Gasteiger partial charge on any atom is -0.467 e. The second-order valence-electron chi connectivity index (χ2n) is 7.41. The quantitative estimate of drug-likeness (QED) is 0.483. The molecule has 0 N–H and O–H groups in total. The molecule has 0 spiro atoms. The summed E-state index contributed by atoms with van der Waals surface area (Å²) in [4.78, 5) is 28.9. The lowest BCUT2D eigenvalue weighted by Gasteiger charge is -2.55. The molecular weight excluding hydrogens is 433 g/mol. The van der Waals surface area contributed by atoms with Crippen molar-refractivity contribution >= 4 is 29.2 Å². The fourth-order valence-corrected chi connectivity index (χ4v) is 4.09. The van der Waals surface area contributed by atoms with Crippen LogP contribution in [-0.4, -0.2) is 48.4 Å². The number of carbonyl (C=O) groups is 2. The molecule has 31 heavy (non-hydrogen) atoms. The highest BCUT2D eigenvalue weighted by Gasteiger charge is 2.57. The van der Waals surface area contributed by atoms with Gasteiger partial charge in [0, 0.05) is 5.69 Å². The van der Waals surface area contributed by atoms with E-state index in [9.17, 15) is 22.8 Å². The van der Waals surface area contributed by atoms with Crippen molar-refractivity contribution in [3.63, 3.8) is 0 Å². The summed E-state index contributed by atoms with van der Waals surface area (Å²) in [5.41, 5.74) is -0.769. The van der Waals surface area contributed by atoms with Crippen LogP contribution in [0.5, 0.6) is 0 Å². The Kier molecular flexibility index (Phi) is 6.50. The lowest BCUT2D eigenvalue weighted by atomic mass is 9.84. The molecule has 0 saturated carbocycles. The zero-order valence-electron chi connectivity index (χ0n) is 17.0. The number of hydrogen-bond donors (Lipinski definition) is 0. The number of esters is 1. The van der Waals surface area contributed by atoms with Crippen LogP contribution in [0.15, 0.2) is 54.6 Å². The second-order valence-corrected chi connectivity index (χ2v) is 7.68. The smallest absolute Gasteiger partial charge is 0.416 e. The summed E-state index contributed by atoms with van der Waals surface area (Å²) in [6, 6.07) is 13.2. The van der Waals surface area contributed by atoms with Crippen molar-refractivity contribution in [3.05, 3.63) is 65.7 Å². The maximum Gasteiger partial charge on any atom is 0.416 e. The van der Waals surface area contributed by atoms with Gasteiger partial charge in [0.15, 0.2) is 5.54 Å². The van der Waals surface area contributed by atoms with Crippen molar-refractivity contribution in [2.45, 2.75) is 24.7 Å². The molecular formula is C22H22ClF3N2O3. The number of ether oxygens (including phenoxy) is 1. The third kappa shape index (κ3) is 4.35. The summed E-state index contributed by atoms with van der Waals surface area (Å²) in [5.74, 6) is -1.49. The number of amides is 1. The van der Waals surface area contributed by atoms with Gasteiger partial charge in [0.25, 0.3) is 0 Å². The first-order valence-corrected chi connectivity index (χ1v) is 10.1. The van der Waals surface area contributed by atoms with Crippen LogP contribution in [0.4, 0.5) is 18.9 Å². The first kappa shape index (κ1) is 22.9. The Hall–Kier alpha value is -2.74. The first-order valence-electron chi connectivity index (χ1n) is 9.58. The lowest BCUT2D eigenvalue weighted by molar-refractivity contribution is -0.166. The number of anilines is 1. The molecule has 1 fully saturated rings. The second kappa shape index (κ2) is 8.78. The molecule has 166 valence electrons. The highest BCUT2D eigenvalue weighted by atomic mass is 35.5. The van der Waals surface area contributed by atoms with Crippen LogP contribution in [0, 0.1) is 0 Å². The molecule has 1 amide bonds. The third-order valence-corrected chi connectivity index (χ3v) is 5.77. The number of carbonyl (C=O) groups excluding carboxylic acids is 2. The van der Waals surface area contributed by atoms with Crippen molar-refractivity contribution in [2.75, 3.05) is 31.0 Å². The van der Waals surface area contributed by atoms with Gasteiger partial charge in [-0.25, -0.2) is 4.79 Å². The van der Waals surface area contributed by atoms with Crippen LogP contribution >= 0.6 is 11.6 Å². The van der Waals surface area contributed by atoms with Gasteiger partial charge in [-0.1, -0.05) is 30.3 Å². The fraction of sp³-hybridized carbons (Fsp3) is 0.364. The SMILES string of the molecule is COC(=O)C1(N(C(=O)CCl)[C@@H](C)c2ccc(C(F)(F)F)cc2)CN(c2ccccc2)C1. The first-order chi connectivity index (χ1) is 14.6. The van der Waals surface area contributed by atoms with E-state index in [2.05, 4.69) is 0 Å². The Morgan fingerprint density at radius 3 is 2.19 bits per heavy atom. The molecule has 0 aliphatic carbocycles. The summed E-state index contributed by atoms with van der Waals surface area (Å²) in [6.45, 7) is 2.01. The van der Waals surface area contributed by atoms with Gasteiger partial charge in [-0.2, -0.15) is 13.2 Å². The molecule has 1 atom stereocenters. The normalized spacial score (nSPS) is 16.3. The Balaban J connectivity index is 1.95. The average molecular weight is 455 g/mol. The van der Waals surface area contributed by atoms with E-state index < -0.39 is 35.2 Å². The number of benzene rings is 2. The van der Waals surface area contributed by atoms with Crippen molar-refractivity contribution < 1.29 is 27.5 Å². The zero-order chi connectivity index (χ0) is 22.8. The van der Waals surface area contributed by atoms with E-state index >= 15 is 0 Å². The monoisotopic (exact) mass is 454 g/mol. The predicted octanol–water partition coefficient (Wildman–Crippen LogP) is 4.27. The topological polar surface area (TPSA) is 49.9 Å². The van der Waals surface area contributed by atoms with Gasteiger partial charge in [-0.15, -0.1) is 11.6 Å². The van der Waals surface area contributed by atoms with Gasteiger partial charge >= 0.3 is 12.1 Å². The Morgan fingerprint density at radius 2 is 1.71 bits per heavy atom. The van der Waals surface area contributed by atoms with Crippen LogP contribution in [0.1, 0.15) is 24.1 Å². The van der Waals surface area contributed by atoms with E-state index in [-0.39, 0.29) is 19.0 Å². The molecule has 5 nitrogen and oxygen atoms in total. The Labute approximate surface area is 183 Å². The number of hydrogen-bond acceptors (Lipinski definition) is 4. The van der Waals surface area contributed by atoms with Crippen LogP contribution in [0.2, 0.25) is 0 Å². The maximum absolute atomic E-state index is 12.9. The molecule has 1 aliphatic heterocycles. The molecule has 0 radical (unpaired) electrons. The summed E-state index contributed by atoms with van der Waals surface area (Å²) in [7, 11) is 1.24. The third-order valence-electron chi connectivity index (χ3n) is 5.54. The standard InChI is InChI=1S/C22H22ClF3N2O3/c1-15(16-8-10-17(11-9-16)22(24,25)26)28(19(29)12-23)21(20(30)31-2)13-27(14-21)18-6-4-3-5-7-18/h3-11,15H,12-14H2,1-2H3/t15-/m0/s1. The van der Waals surface area contributed by atoms with Crippen LogP contribution in [0.3, 0.4) is 0 Å². The van der Waals surface area contributed by atoms with Crippen LogP contribution in [0.25, 0.3) is 0 Å². The van der Waals surface area contributed by atoms with E-state index in [4.69, 9.17) is 16.3 Å². The number of alkyl halides is 4. The minimum absolute atomic E-state index is 0.178. The van der Waals surface area contributed by atoms with Gasteiger partial charge in [-0.3, -0.25) is 4.79 Å². The fourth-order valence-electron chi connectivity index (χ4n) is 3.97. The van der Waals surface area contributed by atoms with E-state index in [1.54, 1.807) is 6.92 Å². The average Bonchev–Trinajstić information content (AvgIpc) is 2.74. The molecule has 0 bridgehead atoms. The minimum atomic E-state index is -4.47. The number of rotatable bonds is 6. The number of para-hydroxylation sites is 1. The van der Waals surface area contributed by atoms with Gasteiger partial charge in [0.1, 0.15) is 5.88 Å². The van der Waals surface area contributed by atoms with Gasteiger partial charge < -0.3 is 14.5 Å². The van der Waals surface area contributed by atoms with E-state index in [0.717, 1.165) is 17.8 Å². The van der Waals surface area contributed by atoms with Crippen molar-refractivity contribution in [2.24, 2.45) is 0 Å². The summed E-state index contributed by atoms with van der Waals surface area (Å²) in [6.07, 6.45) is -4.47. The zero-order valence-corrected chi connectivity index (χ0v) is 17.8. The molecule has 1 saturated heterocycles. The van der Waals surface area contributed by atoms with E-state index in [0.29, 0.717) is 5.56 Å². The largest absolute Gasteiger partial charge is 0.467 e. The van der Waals surface area contributed by atoms with Crippen molar-refractivity contribution in [1.82, 2.24) is 4.90 Å². The Morgan fingerprint density at radius 1 is 1.13 bits per heavy atom. The summed E-state index contributed by atoms with van der Waals surface area (Å²) < 4.78 is 43.8. The molecule has 3 rings (SSSR count). The molecule has 2 aromatic carbocycles. The van der Waals surface area contributed by atoms with Crippen LogP contribution < -0.4 is 4.90 Å². The summed E-state index contributed by atoms with van der Waals surface area (Å²) >= 11 is 5.85. The lowest BCUT2D eigenvalue weighted by Crippen LogP contribution is -2.76. The molecule has 0 aromatic heterocycles. The molecule has 1 aliphatic rings. The van der Waals surface area contributed by atoms with E-state index in [1.165, 1.54) is 24.1 Å². The molecule has 2 aromatic rings. The highest BCUT2D eigenvalue weighted by molar-refractivity contribution is 6.27. The van der Waals surface area contributed by atoms with Crippen molar-refractivity contribution in [3.8, 4) is 0 Å². The molecule has 9 heteroatoms. The number of methoxy groups -OCH3 is 1. The van der Waals surface area contributed by atoms with Gasteiger partial charge in [0.05, 0.1) is 31.8 Å². The predicted molar refractivity (Wildman–Crippen MR) is 111 cm³/mol. The Bertz CT molecular complexity index is 929. The number of nitrogens with zero attached hydrogens (tertiary/aromatic N) is 2. The maximum atomic E-state index is 12.9. The summed E-state index contributed by atoms with van der Waals surface area (Å²) in [5, 5.41) is 0. The van der Waals surface area contributed by atoms with Crippen molar-refractivity contribution in [1.29, 1.82) is 0 Å². The van der Waals surface area contributed by atoms with Crippen LogP contribution in [-0.2, 0) is 20.5 Å². The molecule has 1 heterocycles. The number of halogens is 4. The molecule has 0 unspecified atom stereocenters. The van der Waals surface area contributed by atoms with Gasteiger partial charge in [0.2, 0.25) is 5.91 Å². The highest BCUT2D eigenvalue weighted by Crippen LogP contribution is 2.39. The van der Waals surface area contributed by atoms with E-state index in [1.807, 2.05) is 35.2 Å². The van der Waals surface area contributed by atoms with Gasteiger partial charge in [-0.05, 0) is 36.8 Å².